The molecule has 4 rings (SSSR count). The molecule has 0 aliphatic heterocycles. The van der Waals surface area contributed by atoms with Crippen LogP contribution in [0.4, 0.5) is 0 Å². The molecule has 0 saturated carbocycles. The van der Waals surface area contributed by atoms with E-state index in [1.54, 1.807) is 42.1 Å². The molecule has 2 aromatic heterocycles. The van der Waals surface area contributed by atoms with Gasteiger partial charge in [0.25, 0.3) is 0 Å². The van der Waals surface area contributed by atoms with E-state index in [9.17, 15) is 9.90 Å². The highest BCUT2D eigenvalue weighted by molar-refractivity contribution is 7.98. The van der Waals surface area contributed by atoms with E-state index in [1.165, 1.54) is 17.8 Å². The van der Waals surface area contributed by atoms with Gasteiger partial charge in [-0.3, -0.25) is 0 Å². The van der Waals surface area contributed by atoms with Gasteiger partial charge in [-0.2, -0.15) is 4.68 Å². The molecule has 136 valence electrons. The van der Waals surface area contributed by atoms with Gasteiger partial charge in [-0.25, -0.2) is 4.79 Å². The lowest BCUT2D eigenvalue weighted by Gasteiger charge is -2.07. The maximum Gasteiger partial charge on any atom is 0.336 e. The van der Waals surface area contributed by atoms with Crippen LogP contribution in [-0.2, 0) is 5.75 Å². The molecule has 0 unspecified atom stereocenters. The summed E-state index contributed by atoms with van der Waals surface area (Å²) in [7, 11) is 1.56. The molecule has 0 radical (unpaired) electrons. The van der Waals surface area contributed by atoms with Crippen molar-refractivity contribution >= 4 is 22.7 Å². The minimum atomic E-state index is -0.426. The Balaban J connectivity index is 1.64. The molecular formula is C18H14N4O4S. The summed E-state index contributed by atoms with van der Waals surface area (Å²) in [6.45, 7) is 0. The van der Waals surface area contributed by atoms with Crippen LogP contribution >= 0.6 is 11.8 Å². The molecule has 2 heterocycles. The Morgan fingerprint density at radius 1 is 1.19 bits per heavy atom. The number of hydrogen-bond acceptors (Lipinski definition) is 8. The second-order valence-electron chi connectivity index (χ2n) is 5.63. The second-order valence-corrected chi connectivity index (χ2v) is 6.57. The predicted molar refractivity (Wildman–Crippen MR) is 99.4 cm³/mol. The fourth-order valence-corrected chi connectivity index (χ4v) is 3.51. The highest BCUT2D eigenvalue weighted by Crippen LogP contribution is 2.28. The number of phenolic OH excluding ortho intramolecular Hbond substituents is 1. The number of thioether (sulfide) groups is 1. The molecule has 0 saturated heterocycles. The smallest absolute Gasteiger partial charge is 0.336 e. The summed E-state index contributed by atoms with van der Waals surface area (Å²) < 4.78 is 12.0. The third-order valence-corrected chi connectivity index (χ3v) is 4.90. The number of aromatic nitrogens is 4. The predicted octanol–water partition coefficient (Wildman–Crippen LogP) is 2.78. The molecule has 0 amide bonds. The molecule has 0 atom stereocenters. The summed E-state index contributed by atoms with van der Waals surface area (Å²) in [4.78, 5) is 11.9. The van der Waals surface area contributed by atoms with Crippen LogP contribution in [0.2, 0.25) is 0 Å². The third-order valence-electron chi connectivity index (χ3n) is 3.93. The van der Waals surface area contributed by atoms with Crippen molar-refractivity contribution in [3.8, 4) is 17.2 Å². The topological polar surface area (TPSA) is 103 Å². The van der Waals surface area contributed by atoms with E-state index in [4.69, 9.17) is 9.15 Å². The van der Waals surface area contributed by atoms with Gasteiger partial charge in [0.15, 0.2) is 0 Å². The largest absolute Gasteiger partial charge is 0.508 e. The Hall–Kier alpha value is -3.33. The molecule has 2 aromatic carbocycles. The molecule has 0 aliphatic rings. The number of hydrogen-bond donors (Lipinski definition) is 1. The fourth-order valence-electron chi connectivity index (χ4n) is 2.62. The zero-order chi connectivity index (χ0) is 18.8. The van der Waals surface area contributed by atoms with Crippen molar-refractivity contribution in [3.05, 3.63) is 64.5 Å². The molecule has 1 N–H and O–H groups in total. The van der Waals surface area contributed by atoms with Crippen LogP contribution in [-0.4, -0.2) is 32.4 Å². The van der Waals surface area contributed by atoms with E-state index in [-0.39, 0.29) is 5.75 Å². The van der Waals surface area contributed by atoms with Crippen LogP contribution in [0.25, 0.3) is 16.7 Å². The maximum atomic E-state index is 11.9. The van der Waals surface area contributed by atoms with E-state index in [2.05, 4.69) is 15.5 Å². The van der Waals surface area contributed by atoms with Gasteiger partial charge >= 0.3 is 5.63 Å². The van der Waals surface area contributed by atoms with Gasteiger partial charge in [-0.15, -0.1) is 5.10 Å². The van der Waals surface area contributed by atoms with E-state index in [1.807, 2.05) is 12.1 Å². The third kappa shape index (κ3) is 3.49. The summed E-state index contributed by atoms with van der Waals surface area (Å²) in [5.41, 5.74) is 1.58. The van der Waals surface area contributed by atoms with E-state index < -0.39 is 5.63 Å². The monoisotopic (exact) mass is 382 g/mol. The van der Waals surface area contributed by atoms with Crippen molar-refractivity contribution in [1.29, 1.82) is 0 Å². The first-order valence-electron chi connectivity index (χ1n) is 7.95. The quantitative estimate of drug-likeness (QED) is 0.415. The van der Waals surface area contributed by atoms with Gasteiger partial charge in [-0.05, 0) is 52.4 Å². The Labute approximate surface area is 157 Å². The number of aromatic hydroxyl groups is 1. The van der Waals surface area contributed by atoms with Gasteiger partial charge in [0, 0.05) is 23.3 Å². The first kappa shape index (κ1) is 17.1. The van der Waals surface area contributed by atoms with Crippen molar-refractivity contribution in [2.45, 2.75) is 10.9 Å². The van der Waals surface area contributed by atoms with Gasteiger partial charge in [0.1, 0.15) is 17.1 Å². The van der Waals surface area contributed by atoms with Crippen LogP contribution in [0.3, 0.4) is 0 Å². The molecule has 8 nitrogen and oxygen atoms in total. The van der Waals surface area contributed by atoms with Crippen molar-refractivity contribution in [2.75, 3.05) is 7.11 Å². The average molecular weight is 382 g/mol. The number of fused-ring (bicyclic) bond motifs is 1. The van der Waals surface area contributed by atoms with Gasteiger partial charge < -0.3 is 14.3 Å². The number of rotatable bonds is 5. The van der Waals surface area contributed by atoms with Crippen molar-refractivity contribution in [2.24, 2.45) is 0 Å². The summed E-state index contributed by atoms with van der Waals surface area (Å²) in [6, 6.07) is 13.4. The summed E-state index contributed by atoms with van der Waals surface area (Å²) in [5.74, 6) is 1.26. The number of benzene rings is 2. The standard InChI is InChI=1S/C18H14N4O4S/c1-25-14-6-7-15-11(8-17(24)26-16(15)9-14)10-27-18-19-20-21-22(18)12-2-4-13(23)5-3-12/h2-9,23H,10H2,1H3. The number of methoxy groups -OCH3 is 1. The lowest BCUT2D eigenvalue weighted by molar-refractivity contribution is 0.414. The maximum absolute atomic E-state index is 11.9. The first-order valence-corrected chi connectivity index (χ1v) is 8.94. The Kier molecular flexibility index (Phi) is 4.51. The van der Waals surface area contributed by atoms with Crippen molar-refractivity contribution in [1.82, 2.24) is 20.2 Å². The van der Waals surface area contributed by atoms with Crippen LogP contribution in [0.15, 0.2) is 62.9 Å². The molecule has 0 spiro atoms. The zero-order valence-electron chi connectivity index (χ0n) is 14.2. The number of ether oxygens (including phenoxy) is 1. The Morgan fingerprint density at radius 2 is 2.00 bits per heavy atom. The molecule has 0 fully saturated rings. The van der Waals surface area contributed by atoms with E-state index >= 15 is 0 Å². The average Bonchev–Trinajstić information content (AvgIpc) is 3.14. The zero-order valence-corrected chi connectivity index (χ0v) is 15.0. The van der Waals surface area contributed by atoms with E-state index in [0.29, 0.717) is 22.2 Å². The highest BCUT2D eigenvalue weighted by Gasteiger charge is 2.12. The summed E-state index contributed by atoms with van der Waals surface area (Å²) >= 11 is 1.39. The lowest BCUT2D eigenvalue weighted by Crippen LogP contribution is -2.01. The number of tetrazole rings is 1. The molecule has 0 aliphatic carbocycles. The van der Waals surface area contributed by atoms with Gasteiger partial charge in [0.2, 0.25) is 5.16 Å². The Bertz CT molecular complexity index is 1150. The van der Waals surface area contributed by atoms with Crippen LogP contribution in [0, 0.1) is 0 Å². The normalized spacial score (nSPS) is 11.0. The number of nitrogens with zero attached hydrogens (tertiary/aromatic N) is 4. The van der Waals surface area contributed by atoms with Crippen LogP contribution in [0.1, 0.15) is 5.56 Å². The van der Waals surface area contributed by atoms with Crippen molar-refractivity contribution in [3.63, 3.8) is 0 Å². The second kappa shape index (κ2) is 7.12. The van der Waals surface area contributed by atoms with Crippen LogP contribution in [0.5, 0.6) is 11.5 Å². The molecule has 9 heteroatoms. The molecule has 4 aromatic rings. The fraction of sp³-hybridized carbons (Fsp3) is 0.111. The Morgan fingerprint density at radius 3 is 2.78 bits per heavy atom. The number of phenols is 1. The minimum absolute atomic E-state index is 0.166. The van der Waals surface area contributed by atoms with Gasteiger partial charge in [-0.1, -0.05) is 11.8 Å². The van der Waals surface area contributed by atoms with Crippen LogP contribution < -0.4 is 10.4 Å². The molecular weight excluding hydrogens is 368 g/mol. The summed E-state index contributed by atoms with van der Waals surface area (Å²) in [5, 5.41) is 22.6. The SMILES string of the molecule is COc1ccc2c(CSc3nnnn3-c3ccc(O)cc3)cc(=O)oc2c1. The molecule has 27 heavy (non-hydrogen) atoms. The van der Waals surface area contributed by atoms with Gasteiger partial charge in [0.05, 0.1) is 12.8 Å². The van der Waals surface area contributed by atoms with E-state index in [0.717, 1.165) is 16.6 Å². The lowest BCUT2D eigenvalue weighted by atomic mass is 10.1. The van der Waals surface area contributed by atoms with Crippen molar-refractivity contribution < 1.29 is 14.3 Å². The minimum Gasteiger partial charge on any atom is -0.508 e. The summed E-state index contributed by atoms with van der Waals surface area (Å²) in [6.07, 6.45) is 0. The highest BCUT2D eigenvalue weighted by atomic mass is 32.2. The first-order chi connectivity index (χ1) is 13.1. The molecule has 0 bridgehead atoms.